The van der Waals surface area contributed by atoms with E-state index in [9.17, 15) is 24.0 Å². The number of benzene rings is 1. The lowest BCUT2D eigenvalue weighted by atomic mass is 9.82. The standard InChI is InChI=1S/C39H61N5O5S/c1-6-30(45)20-29(23-36-42-31-16-15-27(25(4)5)22-35(31)50-36)39(49)43-32(19-26-12-8-7-9-13-26)34(46)21-28(14-10-11-17-40)38(48)44-33(37(41)47)18-24(2)3/h15-16,22,24-26,28-29,32-33H,6-14,17-21,23,40H2,1-5H3,(H2,41,47)(H,43,49)(H,44,48)/t28-,29+,32+,33+/m1/s1. The Bertz CT molecular complexity index is 1430. The minimum atomic E-state index is -0.830. The molecule has 1 aliphatic carbocycles. The lowest BCUT2D eigenvalue weighted by Crippen LogP contribution is -2.49. The van der Waals surface area contributed by atoms with Crippen molar-refractivity contribution < 1.29 is 24.0 Å². The van der Waals surface area contributed by atoms with Gasteiger partial charge in [-0.25, -0.2) is 4.98 Å². The molecule has 3 amide bonds. The highest BCUT2D eigenvalue weighted by molar-refractivity contribution is 7.18. The Kier molecular flexibility index (Phi) is 17.0. The van der Waals surface area contributed by atoms with E-state index in [1.165, 1.54) is 16.9 Å². The number of Topliss-reactive ketones (excluding diaryl/α,β-unsaturated/α-hetero) is 2. The fourth-order valence-corrected chi connectivity index (χ4v) is 7.99. The number of ketones is 2. The van der Waals surface area contributed by atoms with E-state index in [2.05, 4.69) is 36.6 Å². The quantitative estimate of drug-likeness (QED) is 0.106. The Morgan fingerprint density at radius 2 is 1.60 bits per heavy atom. The third-order valence-electron chi connectivity index (χ3n) is 9.97. The van der Waals surface area contributed by atoms with Gasteiger partial charge in [-0.15, -0.1) is 11.3 Å². The highest BCUT2D eigenvalue weighted by Crippen LogP contribution is 2.31. The van der Waals surface area contributed by atoms with Gasteiger partial charge in [-0.1, -0.05) is 79.2 Å². The number of fused-ring (bicyclic) bond motifs is 1. The van der Waals surface area contributed by atoms with Crippen LogP contribution < -0.4 is 22.1 Å². The second-order valence-corrected chi connectivity index (χ2v) is 16.1. The second-order valence-electron chi connectivity index (χ2n) is 15.0. The molecule has 1 heterocycles. The Morgan fingerprint density at radius 3 is 2.22 bits per heavy atom. The Morgan fingerprint density at radius 1 is 0.920 bits per heavy atom. The number of rotatable bonds is 22. The number of thiazole rings is 1. The molecule has 278 valence electrons. The summed E-state index contributed by atoms with van der Waals surface area (Å²) in [5.41, 5.74) is 13.4. The van der Waals surface area contributed by atoms with E-state index in [4.69, 9.17) is 16.5 Å². The molecule has 2 aromatic rings. The van der Waals surface area contributed by atoms with Crippen molar-refractivity contribution in [3.8, 4) is 0 Å². The van der Waals surface area contributed by atoms with Crippen LogP contribution in [0.15, 0.2) is 18.2 Å². The van der Waals surface area contributed by atoms with Crippen molar-refractivity contribution >= 4 is 50.8 Å². The van der Waals surface area contributed by atoms with Gasteiger partial charge < -0.3 is 22.1 Å². The Labute approximate surface area is 302 Å². The van der Waals surface area contributed by atoms with Gasteiger partial charge in [-0.2, -0.15) is 0 Å². The zero-order valence-electron chi connectivity index (χ0n) is 30.9. The molecule has 0 spiro atoms. The second kappa shape index (κ2) is 20.6. The SMILES string of the molecule is CCC(=O)C[C@@H](Cc1nc2ccc(C(C)C)cc2s1)C(=O)N[C@@H](CC1CCCCC1)C(=O)C[C@@H](CCCCN)C(=O)N[C@@H](CC(C)C)C(N)=O. The summed E-state index contributed by atoms with van der Waals surface area (Å²) >= 11 is 1.54. The van der Waals surface area contributed by atoms with Gasteiger partial charge in [0.05, 0.1) is 27.2 Å². The largest absolute Gasteiger partial charge is 0.368 e. The predicted octanol–water partition coefficient (Wildman–Crippen LogP) is 6.12. The van der Waals surface area contributed by atoms with E-state index in [-0.39, 0.29) is 48.1 Å². The first kappa shape index (κ1) is 41.2. The van der Waals surface area contributed by atoms with Gasteiger partial charge in [0.25, 0.3) is 0 Å². The summed E-state index contributed by atoms with van der Waals surface area (Å²) < 4.78 is 1.04. The van der Waals surface area contributed by atoms with Crippen molar-refractivity contribution in [3.63, 3.8) is 0 Å². The lowest BCUT2D eigenvalue weighted by molar-refractivity contribution is -0.135. The fourth-order valence-electron chi connectivity index (χ4n) is 6.89. The molecular weight excluding hydrogens is 651 g/mol. The van der Waals surface area contributed by atoms with Crippen LogP contribution in [0.2, 0.25) is 0 Å². The average molecular weight is 712 g/mol. The molecule has 3 rings (SSSR count). The molecule has 0 saturated heterocycles. The molecule has 11 heteroatoms. The molecule has 0 bridgehead atoms. The van der Waals surface area contributed by atoms with Crippen molar-refractivity contribution in [2.45, 2.75) is 143 Å². The molecule has 6 N–H and O–H groups in total. The maximum Gasteiger partial charge on any atom is 0.240 e. The van der Waals surface area contributed by atoms with E-state index in [0.29, 0.717) is 57.4 Å². The number of unbranched alkanes of at least 4 members (excludes halogenated alkanes) is 1. The summed E-state index contributed by atoms with van der Waals surface area (Å²) in [7, 11) is 0. The van der Waals surface area contributed by atoms with Gasteiger partial charge in [0, 0.05) is 31.6 Å². The molecule has 1 aromatic carbocycles. The maximum atomic E-state index is 14.2. The zero-order chi connectivity index (χ0) is 36.8. The van der Waals surface area contributed by atoms with Gasteiger partial charge in [-0.3, -0.25) is 24.0 Å². The number of primary amides is 1. The van der Waals surface area contributed by atoms with E-state index >= 15 is 0 Å². The first-order chi connectivity index (χ1) is 23.8. The zero-order valence-corrected chi connectivity index (χ0v) is 31.7. The number of nitrogens with zero attached hydrogens (tertiary/aromatic N) is 1. The van der Waals surface area contributed by atoms with Gasteiger partial charge in [0.2, 0.25) is 17.7 Å². The monoisotopic (exact) mass is 711 g/mol. The molecule has 1 aliphatic rings. The van der Waals surface area contributed by atoms with Crippen LogP contribution in [0.1, 0.15) is 135 Å². The first-order valence-corrected chi connectivity index (χ1v) is 19.7. The minimum absolute atomic E-state index is 0.0226. The normalized spacial score (nSPS) is 16.2. The molecule has 50 heavy (non-hydrogen) atoms. The molecule has 0 unspecified atom stereocenters. The number of aromatic nitrogens is 1. The van der Waals surface area contributed by atoms with Crippen LogP contribution in [0, 0.1) is 23.7 Å². The first-order valence-electron chi connectivity index (χ1n) is 18.8. The van der Waals surface area contributed by atoms with Crippen molar-refractivity contribution in [2.75, 3.05) is 6.54 Å². The highest BCUT2D eigenvalue weighted by Gasteiger charge is 2.33. The number of carbonyl (C=O) groups excluding carboxylic acids is 5. The summed E-state index contributed by atoms with van der Waals surface area (Å²) in [6.45, 7) is 10.4. The van der Waals surface area contributed by atoms with E-state index in [1.807, 2.05) is 19.9 Å². The lowest BCUT2D eigenvalue weighted by Gasteiger charge is -2.29. The van der Waals surface area contributed by atoms with Crippen LogP contribution in [0.25, 0.3) is 10.2 Å². The van der Waals surface area contributed by atoms with Crippen LogP contribution in [0.5, 0.6) is 0 Å². The number of hydrogen-bond acceptors (Lipinski definition) is 8. The number of nitrogens with one attached hydrogen (secondary N) is 2. The summed E-state index contributed by atoms with van der Waals surface area (Å²) in [5.74, 6) is -2.14. The molecule has 0 radical (unpaired) electrons. The minimum Gasteiger partial charge on any atom is -0.368 e. The molecule has 0 aliphatic heterocycles. The number of nitrogens with two attached hydrogens (primary N) is 2. The van der Waals surface area contributed by atoms with Crippen LogP contribution in [-0.2, 0) is 30.4 Å². The van der Waals surface area contributed by atoms with Gasteiger partial charge in [-0.05, 0) is 67.7 Å². The van der Waals surface area contributed by atoms with E-state index in [1.54, 1.807) is 6.92 Å². The molecule has 10 nitrogen and oxygen atoms in total. The van der Waals surface area contributed by atoms with Crippen molar-refractivity contribution in [1.82, 2.24) is 15.6 Å². The van der Waals surface area contributed by atoms with E-state index < -0.39 is 29.8 Å². The third kappa shape index (κ3) is 13.2. The van der Waals surface area contributed by atoms with Crippen LogP contribution >= 0.6 is 11.3 Å². The van der Waals surface area contributed by atoms with Gasteiger partial charge >= 0.3 is 0 Å². The Hall–Kier alpha value is -3.18. The number of hydrogen-bond donors (Lipinski definition) is 4. The topological polar surface area (TPSA) is 174 Å². The fraction of sp³-hybridized carbons (Fsp3) is 0.692. The summed E-state index contributed by atoms with van der Waals surface area (Å²) in [6, 6.07) is 4.60. The maximum absolute atomic E-state index is 14.2. The van der Waals surface area contributed by atoms with Crippen molar-refractivity contribution in [1.29, 1.82) is 0 Å². The van der Waals surface area contributed by atoms with Gasteiger partial charge in [0.15, 0.2) is 5.78 Å². The van der Waals surface area contributed by atoms with Crippen LogP contribution in [0.4, 0.5) is 0 Å². The Balaban J connectivity index is 1.85. The molecule has 1 saturated carbocycles. The molecule has 4 atom stereocenters. The summed E-state index contributed by atoms with van der Waals surface area (Å²) in [5, 5.41) is 6.67. The number of carbonyl (C=O) groups is 5. The average Bonchev–Trinajstić information content (AvgIpc) is 3.48. The van der Waals surface area contributed by atoms with Crippen LogP contribution in [0.3, 0.4) is 0 Å². The van der Waals surface area contributed by atoms with Crippen LogP contribution in [-0.4, -0.2) is 52.9 Å². The predicted molar refractivity (Wildman–Crippen MR) is 201 cm³/mol. The third-order valence-corrected chi connectivity index (χ3v) is 11.0. The summed E-state index contributed by atoms with van der Waals surface area (Å²) in [6.07, 6.45) is 8.55. The smallest absolute Gasteiger partial charge is 0.240 e. The molecular formula is C39H61N5O5S. The number of amides is 3. The highest BCUT2D eigenvalue weighted by atomic mass is 32.1. The molecule has 1 fully saturated rings. The summed E-state index contributed by atoms with van der Waals surface area (Å²) in [4.78, 5) is 71.5. The van der Waals surface area contributed by atoms with E-state index in [0.717, 1.165) is 47.3 Å². The van der Waals surface area contributed by atoms with Crippen molar-refractivity contribution in [2.24, 2.45) is 35.1 Å². The van der Waals surface area contributed by atoms with Crippen molar-refractivity contribution in [3.05, 3.63) is 28.8 Å². The molecule has 1 aromatic heterocycles. The van der Waals surface area contributed by atoms with Gasteiger partial charge in [0.1, 0.15) is 11.8 Å².